The quantitative estimate of drug-likeness (QED) is 0.833. The van der Waals surface area contributed by atoms with E-state index in [9.17, 15) is 13.2 Å². The first-order chi connectivity index (χ1) is 7.88. The van der Waals surface area contributed by atoms with Gasteiger partial charge in [0.2, 0.25) is 0 Å². The number of aryl methyl sites for hydroxylation is 1. The summed E-state index contributed by atoms with van der Waals surface area (Å²) in [6.45, 7) is 1.73. The van der Waals surface area contributed by atoms with Crippen LogP contribution in [0, 0.1) is 6.92 Å². The lowest BCUT2D eigenvalue weighted by Crippen LogP contribution is -2.05. The Morgan fingerprint density at radius 2 is 2.00 bits per heavy atom. The van der Waals surface area contributed by atoms with Crippen LogP contribution in [0.3, 0.4) is 0 Å². The van der Waals surface area contributed by atoms with Crippen LogP contribution >= 0.6 is 0 Å². The molecule has 2 heterocycles. The smallest absolute Gasteiger partial charge is 0.396 e. The van der Waals surface area contributed by atoms with Gasteiger partial charge in [-0.25, -0.2) is 4.98 Å². The molecule has 2 aromatic rings. The molecule has 0 fully saturated rings. The van der Waals surface area contributed by atoms with Gasteiger partial charge < -0.3 is 10.3 Å². The lowest BCUT2D eigenvalue weighted by molar-refractivity contribution is -0.140. The molecule has 0 saturated carbocycles. The van der Waals surface area contributed by atoms with E-state index in [2.05, 4.69) is 9.97 Å². The van der Waals surface area contributed by atoms with Crippen molar-refractivity contribution in [2.24, 2.45) is 0 Å². The van der Waals surface area contributed by atoms with E-state index in [1.54, 1.807) is 13.0 Å². The third-order valence-electron chi connectivity index (χ3n) is 2.20. The summed E-state index contributed by atoms with van der Waals surface area (Å²) in [7, 11) is 0. The number of alkyl halides is 3. The van der Waals surface area contributed by atoms with E-state index in [0.717, 1.165) is 12.5 Å². The fraction of sp³-hybridized carbons (Fsp3) is 0.200. The standard InChI is InChI=1S/C10H9F3N4/c1-6-2-8(7(14)3-15-6)17-4-9(16-5-17)10(11,12)13/h2-5H,14H2,1H3. The first-order valence-corrected chi connectivity index (χ1v) is 4.71. The highest BCUT2D eigenvalue weighted by atomic mass is 19.4. The predicted molar refractivity (Wildman–Crippen MR) is 55.5 cm³/mol. The largest absolute Gasteiger partial charge is 0.434 e. The number of hydrogen-bond acceptors (Lipinski definition) is 3. The predicted octanol–water partition coefficient (Wildman–Crippen LogP) is 2.18. The van der Waals surface area contributed by atoms with Crippen LogP contribution in [0.15, 0.2) is 24.8 Å². The number of nitrogen functional groups attached to an aromatic ring is 1. The van der Waals surface area contributed by atoms with Crippen LogP contribution in [0.2, 0.25) is 0 Å². The first kappa shape index (κ1) is 11.4. The second-order valence-corrected chi connectivity index (χ2v) is 3.55. The lowest BCUT2D eigenvalue weighted by Gasteiger charge is -2.06. The molecule has 0 spiro atoms. The van der Waals surface area contributed by atoms with Crippen molar-refractivity contribution in [3.63, 3.8) is 0 Å². The van der Waals surface area contributed by atoms with Crippen molar-refractivity contribution in [1.29, 1.82) is 0 Å². The van der Waals surface area contributed by atoms with Crippen molar-refractivity contribution in [1.82, 2.24) is 14.5 Å². The Bertz CT molecular complexity index is 545. The zero-order chi connectivity index (χ0) is 12.6. The van der Waals surface area contributed by atoms with Gasteiger partial charge in [-0.3, -0.25) is 4.98 Å². The average Bonchev–Trinajstić information content (AvgIpc) is 2.70. The number of nitrogens with two attached hydrogens (primary N) is 1. The number of imidazole rings is 1. The molecule has 0 atom stereocenters. The summed E-state index contributed by atoms with van der Waals surface area (Å²) in [6.07, 6.45) is -1.08. The fourth-order valence-corrected chi connectivity index (χ4v) is 1.38. The van der Waals surface area contributed by atoms with Gasteiger partial charge in [0.25, 0.3) is 0 Å². The van der Waals surface area contributed by atoms with E-state index in [4.69, 9.17) is 5.73 Å². The maximum atomic E-state index is 12.4. The third kappa shape index (κ3) is 2.22. The monoisotopic (exact) mass is 242 g/mol. The number of nitrogens with zero attached hydrogens (tertiary/aromatic N) is 3. The molecule has 0 amide bonds. The molecule has 7 heteroatoms. The van der Waals surface area contributed by atoms with Crippen LogP contribution in [-0.4, -0.2) is 14.5 Å². The fourth-order valence-electron chi connectivity index (χ4n) is 1.38. The molecular formula is C10H9F3N4. The molecule has 2 N–H and O–H groups in total. The number of aromatic nitrogens is 3. The van der Waals surface area contributed by atoms with Crippen LogP contribution in [0.25, 0.3) is 5.69 Å². The molecule has 0 bridgehead atoms. The minimum Gasteiger partial charge on any atom is -0.396 e. The zero-order valence-electron chi connectivity index (χ0n) is 8.86. The van der Waals surface area contributed by atoms with Gasteiger partial charge in [0.15, 0.2) is 5.69 Å². The lowest BCUT2D eigenvalue weighted by atomic mass is 10.3. The van der Waals surface area contributed by atoms with Gasteiger partial charge in [-0.2, -0.15) is 13.2 Å². The molecule has 2 aromatic heterocycles. The second-order valence-electron chi connectivity index (χ2n) is 3.55. The average molecular weight is 242 g/mol. The molecule has 0 aliphatic heterocycles. The zero-order valence-corrected chi connectivity index (χ0v) is 8.86. The van der Waals surface area contributed by atoms with E-state index < -0.39 is 11.9 Å². The van der Waals surface area contributed by atoms with E-state index in [1.165, 1.54) is 10.8 Å². The molecule has 0 unspecified atom stereocenters. The molecule has 90 valence electrons. The maximum absolute atomic E-state index is 12.4. The highest BCUT2D eigenvalue weighted by Gasteiger charge is 2.33. The first-order valence-electron chi connectivity index (χ1n) is 4.71. The summed E-state index contributed by atoms with van der Waals surface area (Å²) in [6, 6.07) is 1.59. The van der Waals surface area contributed by atoms with E-state index >= 15 is 0 Å². The molecule has 2 rings (SSSR count). The van der Waals surface area contributed by atoms with Gasteiger partial charge >= 0.3 is 6.18 Å². The van der Waals surface area contributed by atoms with Gasteiger partial charge in [-0.1, -0.05) is 0 Å². The molecule has 0 aliphatic carbocycles. The Morgan fingerprint density at radius 3 is 2.59 bits per heavy atom. The molecule has 0 saturated heterocycles. The number of hydrogen-bond donors (Lipinski definition) is 1. The Balaban J connectivity index is 2.47. The molecule has 17 heavy (non-hydrogen) atoms. The summed E-state index contributed by atoms with van der Waals surface area (Å²) in [5, 5.41) is 0. The Kier molecular flexibility index (Phi) is 2.53. The third-order valence-corrected chi connectivity index (χ3v) is 2.20. The van der Waals surface area contributed by atoms with Crippen LogP contribution in [-0.2, 0) is 6.18 Å². The van der Waals surface area contributed by atoms with Gasteiger partial charge in [0.05, 0.1) is 23.9 Å². The Labute approximate surface area is 94.9 Å². The second kappa shape index (κ2) is 3.76. The van der Waals surface area contributed by atoms with E-state index in [-0.39, 0.29) is 0 Å². The van der Waals surface area contributed by atoms with E-state index in [0.29, 0.717) is 17.1 Å². The number of anilines is 1. The van der Waals surface area contributed by atoms with Gasteiger partial charge in [0, 0.05) is 11.9 Å². The minimum absolute atomic E-state index is 0.293. The SMILES string of the molecule is Cc1cc(-n2cnc(C(F)(F)F)c2)c(N)cn1. The van der Waals surface area contributed by atoms with Crippen molar-refractivity contribution in [3.05, 3.63) is 36.2 Å². The van der Waals surface area contributed by atoms with Gasteiger partial charge in [-0.15, -0.1) is 0 Å². The molecular weight excluding hydrogens is 233 g/mol. The summed E-state index contributed by atoms with van der Waals surface area (Å²) < 4.78 is 38.4. The van der Waals surface area contributed by atoms with Crippen molar-refractivity contribution >= 4 is 5.69 Å². The summed E-state index contributed by atoms with van der Waals surface area (Å²) >= 11 is 0. The van der Waals surface area contributed by atoms with Crippen molar-refractivity contribution < 1.29 is 13.2 Å². The van der Waals surface area contributed by atoms with Crippen molar-refractivity contribution in [2.45, 2.75) is 13.1 Å². The highest BCUT2D eigenvalue weighted by Crippen LogP contribution is 2.28. The van der Waals surface area contributed by atoms with Gasteiger partial charge in [0.1, 0.15) is 0 Å². The van der Waals surface area contributed by atoms with Gasteiger partial charge in [-0.05, 0) is 13.0 Å². The van der Waals surface area contributed by atoms with Crippen LogP contribution in [0.5, 0.6) is 0 Å². The summed E-state index contributed by atoms with van der Waals surface area (Å²) in [4.78, 5) is 7.24. The number of halogens is 3. The van der Waals surface area contributed by atoms with Crippen molar-refractivity contribution in [3.8, 4) is 5.69 Å². The highest BCUT2D eigenvalue weighted by molar-refractivity contribution is 5.56. The summed E-state index contributed by atoms with van der Waals surface area (Å²) in [5.74, 6) is 0. The number of pyridine rings is 1. The van der Waals surface area contributed by atoms with Crippen LogP contribution < -0.4 is 5.73 Å². The maximum Gasteiger partial charge on any atom is 0.434 e. The summed E-state index contributed by atoms with van der Waals surface area (Å²) in [5.41, 5.74) is 6.08. The van der Waals surface area contributed by atoms with Crippen LogP contribution in [0.4, 0.5) is 18.9 Å². The normalized spacial score (nSPS) is 11.8. The number of rotatable bonds is 1. The minimum atomic E-state index is -4.46. The van der Waals surface area contributed by atoms with Crippen LogP contribution in [0.1, 0.15) is 11.4 Å². The topological polar surface area (TPSA) is 56.7 Å². The molecule has 4 nitrogen and oxygen atoms in total. The molecule has 0 radical (unpaired) electrons. The Hall–Kier alpha value is -2.05. The van der Waals surface area contributed by atoms with E-state index in [1.807, 2.05) is 0 Å². The van der Waals surface area contributed by atoms with Crippen molar-refractivity contribution in [2.75, 3.05) is 5.73 Å². The molecule has 0 aromatic carbocycles. The molecule has 0 aliphatic rings. The Morgan fingerprint density at radius 1 is 1.29 bits per heavy atom.